The molecular formula is C25H21FO5. The summed E-state index contributed by atoms with van der Waals surface area (Å²) in [5, 5.41) is 9.28. The molecule has 6 heteroatoms. The average molecular weight is 420 g/mol. The van der Waals surface area contributed by atoms with Crippen molar-refractivity contribution in [2.45, 2.75) is 0 Å². The Kier molecular flexibility index (Phi) is 7.06. The molecule has 0 aliphatic heterocycles. The number of hydrogen-bond acceptors (Lipinski definition) is 4. The van der Waals surface area contributed by atoms with Gasteiger partial charge in [0.1, 0.15) is 5.75 Å². The molecule has 0 bridgehead atoms. The van der Waals surface area contributed by atoms with Gasteiger partial charge in [-0.25, -0.2) is 9.18 Å². The van der Waals surface area contributed by atoms with Crippen LogP contribution in [-0.4, -0.2) is 25.3 Å². The van der Waals surface area contributed by atoms with Gasteiger partial charge in [-0.1, -0.05) is 42.5 Å². The van der Waals surface area contributed by atoms with Crippen LogP contribution in [-0.2, 0) is 4.79 Å². The minimum absolute atomic E-state index is 0.0724. The number of ether oxygens (including phenoxy) is 3. The molecule has 0 aliphatic rings. The molecule has 0 unspecified atom stereocenters. The van der Waals surface area contributed by atoms with E-state index >= 15 is 0 Å². The molecule has 158 valence electrons. The molecule has 0 amide bonds. The van der Waals surface area contributed by atoms with Crippen molar-refractivity contribution < 1.29 is 28.5 Å². The third kappa shape index (κ3) is 5.73. The van der Waals surface area contributed by atoms with Crippen molar-refractivity contribution in [2.24, 2.45) is 0 Å². The monoisotopic (exact) mass is 420 g/mol. The Bertz CT molecular complexity index is 1120. The topological polar surface area (TPSA) is 65.0 Å². The highest BCUT2D eigenvalue weighted by Crippen LogP contribution is 2.31. The standard InChI is InChI=1S/C25H21FO5/c1-29-22-13-11-18(15-24(22)30-2)19(16-25(27)28)10-8-17-9-12-21(26)23(14-17)31-20-6-4-3-5-7-20/h3-16H,1-2H3,(H,27,28). The zero-order chi connectivity index (χ0) is 22.2. The first-order valence-electron chi connectivity index (χ1n) is 9.37. The van der Waals surface area contributed by atoms with Crippen molar-refractivity contribution >= 4 is 17.6 Å². The Labute approximate surface area is 179 Å². The molecule has 31 heavy (non-hydrogen) atoms. The average Bonchev–Trinajstić information content (AvgIpc) is 2.78. The third-order valence-corrected chi connectivity index (χ3v) is 4.38. The Morgan fingerprint density at radius 3 is 2.32 bits per heavy atom. The lowest BCUT2D eigenvalue weighted by atomic mass is 10.0. The lowest BCUT2D eigenvalue weighted by molar-refractivity contribution is -0.131. The molecule has 0 aliphatic carbocycles. The van der Waals surface area contributed by atoms with Gasteiger partial charge in [-0.15, -0.1) is 0 Å². The van der Waals surface area contributed by atoms with Crippen LogP contribution in [0.15, 0.2) is 78.9 Å². The zero-order valence-electron chi connectivity index (χ0n) is 17.0. The number of methoxy groups -OCH3 is 2. The molecule has 0 atom stereocenters. The molecular weight excluding hydrogens is 399 g/mol. The molecule has 0 saturated heterocycles. The summed E-state index contributed by atoms with van der Waals surface area (Å²) in [4.78, 5) is 11.3. The maximum absolute atomic E-state index is 14.2. The number of aliphatic carboxylic acids is 1. The van der Waals surface area contributed by atoms with Crippen LogP contribution in [0.4, 0.5) is 4.39 Å². The molecule has 3 aromatic rings. The highest BCUT2D eigenvalue weighted by atomic mass is 19.1. The first-order valence-corrected chi connectivity index (χ1v) is 9.37. The number of halogens is 1. The molecule has 0 aromatic heterocycles. The van der Waals surface area contributed by atoms with Crippen molar-refractivity contribution in [3.63, 3.8) is 0 Å². The largest absolute Gasteiger partial charge is 0.493 e. The summed E-state index contributed by atoms with van der Waals surface area (Å²) < 4.78 is 30.3. The third-order valence-electron chi connectivity index (χ3n) is 4.38. The quantitative estimate of drug-likeness (QED) is 0.368. The van der Waals surface area contributed by atoms with Crippen LogP contribution in [0, 0.1) is 5.82 Å². The zero-order valence-corrected chi connectivity index (χ0v) is 17.0. The molecule has 0 heterocycles. The Hall–Kier alpha value is -4.06. The van der Waals surface area contributed by atoms with E-state index in [0.29, 0.717) is 33.9 Å². The Morgan fingerprint density at radius 1 is 0.903 bits per heavy atom. The molecule has 3 rings (SSSR count). The predicted molar refractivity (Wildman–Crippen MR) is 117 cm³/mol. The van der Waals surface area contributed by atoms with Gasteiger partial charge in [-0.3, -0.25) is 0 Å². The van der Waals surface area contributed by atoms with Gasteiger partial charge in [-0.05, 0) is 53.1 Å². The smallest absolute Gasteiger partial charge is 0.328 e. The molecule has 0 fully saturated rings. The fourth-order valence-corrected chi connectivity index (χ4v) is 2.88. The summed E-state index contributed by atoms with van der Waals surface area (Å²) in [6, 6.07) is 18.4. The number of hydrogen-bond donors (Lipinski definition) is 1. The van der Waals surface area contributed by atoms with Crippen LogP contribution in [0.1, 0.15) is 11.1 Å². The second-order valence-corrected chi connectivity index (χ2v) is 6.45. The highest BCUT2D eigenvalue weighted by molar-refractivity contribution is 5.94. The lowest BCUT2D eigenvalue weighted by Crippen LogP contribution is -1.94. The fraction of sp³-hybridized carbons (Fsp3) is 0.0800. The van der Waals surface area contributed by atoms with E-state index in [1.807, 2.05) is 6.07 Å². The van der Waals surface area contributed by atoms with Crippen LogP contribution < -0.4 is 14.2 Å². The van der Waals surface area contributed by atoms with Gasteiger partial charge in [0, 0.05) is 6.08 Å². The van der Waals surface area contributed by atoms with E-state index in [2.05, 4.69) is 0 Å². The van der Waals surface area contributed by atoms with Crippen molar-refractivity contribution in [2.75, 3.05) is 14.2 Å². The van der Waals surface area contributed by atoms with Crippen LogP contribution in [0.2, 0.25) is 0 Å². The Balaban J connectivity index is 1.91. The summed E-state index contributed by atoms with van der Waals surface area (Å²) in [6.45, 7) is 0. The van der Waals surface area contributed by atoms with Gasteiger partial charge >= 0.3 is 5.97 Å². The second kappa shape index (κ2) is 10.1. The molecule has 5 nitrogen and oxygen atoms in total. The first kappa shape index (κ1) is 21.6. The number of allylic oxidation sites excluding steroid dienone is 2. The van der Waals surface area contributed by atoms with E-state index < -0.39 is 11.8 Å². The Morgan fingerprint density at radius 2 is 1.65 bits per heavy atom. The lowest BCUT2D eigenvalue weighted by Gasteiger charge is -2.10. The van der Waals surface area contributed by atoms with Gasteiger partial charge in [0.15, 0.2) is 23.1 Å². The first-order chi connectivity index (χ1) is 15.0. The van der Waals surface area contributed by atoms with E-state index in [0.717, 1.165) is 6.08 Å². The molecule has 1 N–H and O–H groups in total. The van der Waals surface area contributed by atoms with Crippen LogP contribution in [0.25, 0.3) is 11.6 Å². The van der Waals surface area contributed by atoms with Crippen molar-refractivity contribution in [1.29, 1.82) is 0 Å². The number of rotatable bonds is 8. The molecule has 0 saturated carbocycles. The summed E-state index contributed by atoms with van der Waals surface area (Å²) in [5.41, 5.74) is 1.70. The summed E-state index contributed by atoms with van der Waals surface area (Å²) in [7, 11) is 3.03. The van der Waals surface area contributed by atoms with E-state index in [1.54, 1.807) is 66.7 Å². The maximum atomic E-state index is 14.2. The van der Waals surface area contributed by atoms with Gasteiger partial charge in [-0.2, -0.15) is 0 Å². The van der Waals surface area contributed by atoms with E-state index in [9.17, 15) is 14.3 Å². The molecule has 0 spiro atoms. The minimum Gasteiger partial charge on any atom is -0.493 e. The summed E-state index contributed by atoms with van der Waals surface area (Å²) in [5.74, 6) is 0.00236. The van der Waals surface area contributed by atoms with Gasteiger partial charge < -0.3 is 19.3 Å². The summed E-state index contributed by atoms with van der Waals surface area (Å²) >= 11 is 0. The van der Waals surface area contributed by atoms with E-state index in [-0.39, 0.29) is 5.75 Å². The molecule has 0 radical (unpaired) electrons. The predicted octanol–water partition coefficient (Wildman–Crippen LogP) is 5.82. The number of para-hydroxylation sites is 1. The van der Waals surface area contributed by atoms with Crippen LogP contribution in [0.5, 0.6) is 23.0 Å². The van der Waals surface area contributed by atoms with E-state index in [1.165, 1.54) is 20.3 Å². The maximum Gasteiger partial charge on any atom is 0.328 e. The highest BCUT2D eigenvalue weighted by Gasteiger charge is 2.09. The van der Waals surface area contributed by atoms with Crippen molar-refractivity contribution in [1.82, 2.24) is 0 Å². The number of carboxylic acid groups (broad SMARTS) is 1. The van der Waals surface area contributed by atoms with Crippen molar-refractivity contribution in [3.05, 3.63) is 95.8 Å². The number of carboxylic acids is 1. The normalized spacial score (nSPS) is 11.4. The van der Waals surface area contributed by atoms with Gasteiger partial charge in [0.05, 0.1) is 14.2 Å². The minimum atomic E-state index is -1.10. The fourth-order valence-electron chi connectivity index (χ4n) is 2.88. The second-order valence-electron chi connectivity index (χ2n) is 6.45. The van der Waals surface area contributed by atoms with E-state index in [4.69, 9.17) is 14.2 Å². The van der Waals surface area contributed by atoms with Crippen LogP contribution in [0.3, 0.4) is 0 Å². The SMILES string of the molecule is COc1ccc(C(C=Cc2ccc(F)c(Oc3ccccc3)c2)=CC(=O)O)cc1OC. The molecule has 3 aromatic carbocycles. The van der Waals surface area contributed by atoms with Crippen molar-refractivity contribution in [3.8, 4) is 23.0 Å². The number of benzene rings is 3. The van der Waals surface area contributed by atoms with Crippen LogP contribution >= 0.6 is 0 Å². The van der Waals surface area contributed by atoms with Gasteiger partial charge in [0.2, 0.25) is 0 Å². The summed E-state index contributed by atoms with van der Waals surface area (Å²) in [6.07, 6.45) is 4.40. The van der Waals surface area contributed by atoms with Gasteiger partial charge in [0.25, 0.3) is 0 Å². The number of carbonyl (C=O) groups is 1.